The number of hydrogen-bond acceptors (Lipinski definition) is 4. The molecule has 0 radical (unpaired) electrons. The summed E-state index contributed by atoms with van der Waals surface area (Å²) in [6, 6.07) is 14.6. The van der Waals surface area contributed by atoms with E-state index in [1.165, 1.54) is 23.9 Å². The van der Waals surface area contributed by atoms with Crippen molar-refractivity contribution in [3.8, 4) is 11.5 Å². The van der Waals surface area contributed by atoms with Crippen molar-refractivity contribution >= 4 is 11.0 Å². The minimum absolute atomic E-state index is 0.701. The average Bonchev–Trinajstić information content (AvgIpc) is 3.04. The first-order valence-electron chi connectivity index (χ1n) is 10.0. The molecule has 3 aromatic rings. The molecule has 0 unspecified atom stereocenters. The molecule has 5 heteroatoms. The van der Waals surface area contributed by atoms with Crippen molar-refractivity contribution in [1.82, 2.24) is 14.5 Å². The summed E-state index contributed by atoms with van der Waals surface area (Å²) in [5.74, 6) is 3.53. The van der Waals surface area contributed by atoms with E-state index in [9.17, 15) is 0 Å². The first-order valence-corrected chi connectivity index (χ1v) is 10.0. The van der Waals surface area contributed by atoms with Gasteiger partial charge in [-0.05, 0) is 68.6 Å². The Kier molecular flexibility index (Phi) is 5.53. The van der Waals surface area contributed by atoms with Crippen LogP contribution >= 0.6 is 0 Å². The van der Waals surface area contributed by atoms with Gasteiger partial charge in [0.2, 0.25) is 0 Å². The third kappa shape index (κ3) is 3.99. The van der Waals surface area contributed by atoms with Crippen molar-refractivity contribution in [2.45, 2.75) is 32.9 Å². The van der Waals surface area contributed by atoms with Crippen LogP contribution in [-0.2, 0) is 13.1 Å². The van der Waals surface area contributed by atoms with Gasteiger partial charge in [-0.1, -0.05) is 12.1 Å². The van der Waals surface area contributed by atoms with Crippen molar-refractivity contribution in [3.63, 3.8) is 0 Å². The maximum Gasteiger partial charge on any atom is 0.122 e. The van der Waals surface area contributed by atoms with Crippen LogP contribution in [0.5, 0.6) is 11.5 Å². The molecule has 0 saturated carbocycles. The number of methoxy groups -OCH3 is 2. The summed E-state index contributed by atoms with van der Waals surface area (Å²) in [5, 5.41) is 0. The highest BCUT2D eigenvalue weighted by Gasteiger charge is 2.21. The lowest BCUT2D eigenvalue weighted by atomic mass is 9.96. The molecule has 2 aromatic carbocycles. The third-order valence-corrected chi connectivity index (χ3v) is 5.81. The van der Waals surface area contributed by atoms with E-state index in [2.05, 4.69) is 52.8 Å². The summed E-state index contributed by atoms with van der Waals surface area (Å²) in [7, 11) is 3.40. The monoisotopic (exact) mass is 379 g/mol. The zero-order valence-corrected chi connectivity index (χ0v) is 17.0. The van der Waals surface area contributed by atoms with Gasteiger partial charge in [0.25, 0.3) is 0 Å². The molecule has 2 heterocycles. The van der Waals surface area contributed by atoms with Crippen molar-refractivity contribution < 1.29 is 9.47 Å². The van der Waals surface area contributed by atoms with Crippen LogP contribution in [0, 0.1) is 12.8 Å². The number of likely N-dealkylation sites (tertiary alicyclic amines) is 1. The minimum Gasteiger partial charge on any atom is -0.497 e. The van der Waals surface area contributed by atoms with Crippen LogP contribution in [0.2, 0.25) is 0 Å². The normalized spacial score (nSPS) is 15.8. The van der Waals surface area contributed by atoms with Crippen molar-refractivity contribution in [2.24, 2.45) is 5.92 Å². The summed E-state index contributed by atoms with van der Waals surface area (Å²) in [6.45, 7) is 6.36. The highest BCUT2D eigenvalue weighted by molar-refractivity contribution is 5.75. The molecule has 1 fully saturated rings. The maximum atomic E-state index is 5.40. The average molecular weight is 380 g/mol. The van der Waals surface area contributed by atoms with Crippen molar-refractivity contribution in [2.75, 3.05) is 27.3 Å². The quantitative estimate of drug-likeness (QED) is 0.641. The van der Waals surface area contributed by atoms with Gasteiger partial charge in [-0.2, -0.15) is 0 Å². The molecule has 28 heavy (non-hydrogen) atoms. The fourth-order valence-electron chi connectivity index (χ4n) is 4.23. The second-order valence-electron chi connectivity index (χ2n) is 7.70. The van der Waals surface area contributed by atoms with Gasteiger partial charge in [0.15, 0.2) is 0 Å². The number of benzene rings is 2. The van der Waals surface area contributed by atoms with Gasteiger partial charge in [0.05, 0.1) is 25.3 Å². The lowest BCUT2D eigenvalue weighted by Crippen LogP contribution is -2.34. The van der Waals surface area contributed by atoms with E-state index in [1.54, 1.807) is 14.2 Å². The zero-order chi connectivity index (χ0) is 19.5. The van der Waals surface area contributed by atoms with E-state index in [0.717, 1.165) is 49.0 Å². The number of hydrogen-bond donors (Lipinski definition) is 0. The van der Waals surface area contributed by atoms with E-state index in [-0.39, 0.29) is 0 Å². The molecule has 1 aromatic heterocycles. The zero-order valence-electron chi connectivity index (χ0n) is 17.0. The van der Waals surface area contributed by atoms with Gasteiger partial charge in [-0.25, -0.2) is 4.98 Å². The Balaban J connectivity index is 1.38. The lowest BCUT2D eigenvalue weighted by molar-refractivity contribution is 0.167. The summed E-state index contributed by atoms with van der Waals surface area (Å²) in [6.07, 6.45) is 2.43. The van der Waals surface area contributed by atoms with Crippen LogP contribution in [-0.4, -0.2) is 41.8 Å². The van der Waals surface area contributed by atoms with Gasteiger partial charge >= 0.3 is 0 Å². The number of piperidine rings is 1. The third-order valence-electron chi connectivity index (χ3n) is 5.81. The topological polar surface area (TPSA) is 39.5 Å². The molecular formula is C23H29N3O2. The highest BCUT2D eigenvalue weighted by Crippen LogP contribution is 2.27. The number of fused-ring (bicyclic) bond motifs is 1. The first-order chi connectivity index (χ1) is 13.7. The van der Waals surface area contributed by atoms with Crippen LogP contribution in [0.4, 0.5) is 0 Å². The van der Waals surface area contributed by atoms with Crippen molar-refractivity contribution in [3.05, 3.63) is 53.9 Å². The van der Waals surface area contributed by atoms with Crippen LogP contribution in [0.15, 0.2) is 42.5 Å². The van der Waals surface area contributed by atoms with Crippen LogP contribution in [0.25, 0.3) is 11.0 Å². The Hall–Kier alpha value is -2.53. The molecule has 148 valence electrons. The molecule has 0 amide bonds. The van der Waals surface area contributed by atoms with Gasteiger partial charge in [0.1, 0.15) is 17.3 Å². The van der Waals surface area contributed by atoms with Gasteiger partial charge in [0, 0.05) is 19.2 Å². The minimum atomic E-state index is 0.701. The van der Waals surface area contributed by atoms with E-state index >= 15 is 0 Å². The van der Waals surface area contributed by atoms with E-state index < -0.39 is 0 Å². The Morgan fingerprint density at radius 2 is 1.68 bits per heavy atom. The Bertz CT molecular complexity index is 920. The van der Waals surface area contributed by atoms with Crippen LogP contribution in [0.1, 0.15) is 24.2 Å². The summed E-state index contributed by atoms with van der Waals surface area (Å²) in [4.78, 5) is 7.24. The van der Waals surface area contributed by atoms with Crippen LogP contribution in [0.3, 0.4) is 0 Å². The molecule has 0 N–H and O–H groups in total. The maximum absolute atomic E-state index is 5.40. The fourth-order valence-corrected chi connectivity index (χ4v) is 4.23. The number of rotatable bonds is 6. The van der Waals surface area contributed by atoms with Crippen LogP contribution < -0.4 is 9.47 Å². The molecule has 4 rings (SSSR count). The fraction of sp³-hybridized carbons (Fsp3) is 0.435. The second-order valence-corrected chi connectivity index (χ2v) is 7.70. The molecule has 0 bridgehead atoms. The predicted molar refractivity (Wildman–Crippen MR) is 112 cm³/mol. The summed E-state index contributed by atoms with van der Waals surface area (Å²) in [5.41, 5.74) is 3.60. The van der Waals surface area contributed by atoms with E-state index in [1.807, 2.05) is 6.07 Å². The van der Waals surface area contributed by atoms with E-state index in [0.29, 0.717) is 5.92 Å². The Morgan fingerprint density at radius 3 is 2.36 bits per heavy atom. The summed E-state index contributed by atoms with van der Waals surface area (Å²) >= 11 is 0. The highest BCUT2D eigenvalue weighted by atomic mass is 16.5. The molecule has 1 aliphatic rings. The molecule has 1 aliphatic heterocycles. The predicted octanol–water partition coefficient (Wildman–Crippen LogP) is 4.27. The van der Waals surface area contributed by atoms with Crippen molar-refractivity contribution in [1.29, 1.82) is 0 Å². The first kappa shape index (κ1) is 18.8. The second kappa shape index (κ2) is 8.23. The standard InChI is InChI=1S/C23H29N3O2/c1-17-24-22-6-4-5-7-23(22)26(17)16-18-8-10-25(11-9-18)15-19-12-20(27-2)14-21(13-19)28-3/h4-7,12-14,18H,8-11,15-16H2,1-3H3. The molecule has 0 spiro atoms. The Labute approximate surface area is 166 Å². The number of aromatic nitrogens is 2. The SMILES string of the molecule is COc1cc(CN2CCC(Cn3c(C)nc4ccccc43)CC2)cc(OC)c1. The summed E-state index contributed by atoms with van der Waals surface area (Å²) < 4.78 is 13.2. The lowest BCUT2D eigenvalue weighted by Gasteiger charge is -2.32. The molecule has 5 nitrogen and oxygen atoms in total. The number of imidazole rings is 1. The molecule has 1 saturated heterocycles. The largest absolute Gasteiger partial charge is 0.497 e. The van der Waals surface area contributed by atoms with Gasteiger partial charge in [-0.15, -0.1) is 0 Å². The Morgan fingerprint density at radius 1 is 1.00 bits per heavy atom. The van der Waals surface area contributed by atoms with E-state index in [4.69, 9.17) is 14.5 Å². The smallest absolute Gasteiger partial charge is 0.122 e. The number of ether oxygens (including phenoxy) is 2. The molecular weight excluding hydrogens is 350 g/mol. The molecule has 0 aliphatic carbocycles. The number of para-hydroxylation sites is 2. The number of nitrogens with zero attached hydrogens (tertiary/aromatic N) is 3. The van der Waals surface area contributed by atoms with Gasteiger partial charge in [-0.3, -0.25) is 4.90 Å². The number of aryl methyl sites for hydroxylation is 1. The molecule has 0 atom stereocenters. The van der Waals surface area contributed by atoms with Gasteiger partial charge < -0.3 is 14.0 Å².